The first-order valence-electron chi connectivity index (χ1n) is 9.86. The smallest absolute Gasteiger partial charge is 0.0818 e. The number of likely N-dealkylation sites (tertiary alicyclic amines) is 1. The fraction of sp³-hybridized carbons (Fsp3) is 1.00. The van der Waals surface area contributed by atoms with Crippen LogP contribution in [0, 0.1) is 0 Å². The molecule has 3 atom stereocenters. The predicted octanol–water partition coefficient (Wildman–Crippen LogP) is 4.08. The molecule has 0 bridgehead atoms. The Bertz CT molecular complexity index is 260. The lowest BCUT2D eigenvalue weighted by Crippen LogP contribution is -2.53. The van der Waals surface area contributed by atoms with E-state index in [9.17, 15) is 5.11 Å². The monoisotopic (exact) mass is 312 g/mol. The molecule has 1 rings (SSSR count). The molecule has 3 nitrogen and oxygen atoms in total. The predicted molar refractivity (Wildman–Crippen MR) is 96.1 cm³/mol. The molecule has 3 heteroatoms. The highest BCUT2D eigenvalue weighted by Crippen LogP contribution is 2.21. The summed E-state index contributed by atoms with van der Waals surface area (Å²) >= 11 is 0. The minimum absolute atomic E-state index is 0.0125. The van der Waals surface area contributed by atoms with E-state index in [1.54, 1.807) is 0 Å². The van der Waals surface area contributed by atoms with Crippen LogP contribution in [0.4, 0.5) is 0 Å². The summed E-state index contributed by atoms with van der Waals surface area (Å²) in [5.74, 6) is 0. The molecule has 1 saturated heterocycles. The second-order valence-electron chi connectivity index (χ2n) is 7.22. The average Bonchev–Trinajstić information content (AvgIpc) is 2.52. The number of β-amino-alcohol motifs (C(OH)–C–C–N with tert-alkyl or cyclic N) is 1. The van der Waals surface area contributed by atoms with Crippen LogP contribution >= 0.6 is 0 Å². The minimum atomic E-state index is -0.327. The molecule has 1 heterocycles. The molecule has 1 aliphatic rings. The first-order valence-corrected chi connectivity index (χ1v) is 9.86. The Morgan fingerprint density at radius 1 is 0.955 bits per heavy atom. The fourth-order valence-electron chi connectivity index (χ4n) is 3.61. The molecule has 0 saturated carbocycles. The van der Waals surface area contributed by atoms with Gasteiger partial charge in [0.25, 0.3) is 0 Å². The molecule has 0 spiro atoms. The molecule has 1 aliphatic heterocycles. The zero-order chi connectivity index (χ0) is 16.2. The number of hydrogen-bond donors (Lipinski definition) is 2. The summed E-state index contributed by atoms with van der Waals surface area (Å²) in [6.45, 7) is 6.41. The van der Waals surface area contributed by atoms with Gasteiger partial charge in [0.15, 0.2) is 0 Å². The van der Waals surface area contributed by atoms with Crippen molar-refractivity contribution in [1.82, 2.24) is 4.90 Å². The topological polar surface area (TPSA) is 49.5 Å². The Hall–Kier alpha value is -0.120. The molecule has 3 N–H and O–H groups in total. The van der Waals surface area contributed by atoms with Crippen LogP contribution in [0.2, 0.25) is 0 Å². The van der Waals surface area contributed by atoms with Crippen molar-refractivity contribution in [1.29, 1.82) is 0 Å². The number of piperidine rings is 1. The first-order chi connectivity index (χ1) is 10.7. The Morgan fingerprint density at radius 2 is 1.50 bits per heavy atom. The van der Waals surface area contributed by atoms with E-state index in [-0.39, 0.29) is 12.1 Å². The van der Waals surface area contributed by atoms with Gasteiger partial charge in [0.1, 0.15) is 0 Å². The Balaban J connectivity index is 2.35. The number of aliphatic hydroxyl groups excluding tert-OH is 1. The normalized spacial score (nSPS) is 24.5. The number of unbranched alkanes of at least 4 members (excludes halogenated alkanes) is 7. The van der Waals surface area contributed by atoms with Gasteiger partial charge in [-0.3, -0.25) is 4.90 Å². The quantitative estimate of drug-likeness (QED) is 0.534. The highest BCUT2D eigenvalue weighted by atomic mass is 16.3. The van der Waals surface area contributed by atoms with Gasteiger partial charge >= 0.3 is 0 Å². The molecule has 1 fully saturated rings. The Morgan fingerprint density at radius 3 is 2.05 bits per heavy atom. The van der Waals surface area contributed by atoms with E-state index in [2.05, 4.69) is 18.7 Å². The van der Waals surface area contributed by atoms with Crippen molar-refractivity contribution in [3.63, 3.8) is 0 Å². The number of rotatable bonds is 12. The standard InChI is InChI=1S/C19H40N2O/c1-3-5-7-9-11-13-17(12-10-8-6-4-2)21-15-14-18(20)19(22)16-21/h17-19,22H,3-16,20H2,1-2H3/t17?,18-,19+/m1/s1. The third-order valence-corrected chi connectivity index (χ3v) is 5.21. The van der Waals surface area contributed by atoms with Gasteiger partial charge in [-0.05, 0) is 19.3 Å². The molecule has 0 aromatic carbocycles. The number of nitrogens with two attached hydrogens (primary N) is 1. The minimum Gasteiger partial charge on any atom is -0.390 e. The zero-order valence-electron chi connectivity index (χ0n) is 15.1. The van der Waals surface area contributed by atoms with E-state index in [1.165, 1.54) is 70.6 Å². The van der Waals surface area contributed by atoms with E-state index in [0.717, 1.165) is 19.5 Å². The summed E-state index contributed by atoms with van der Waals surface area (Å²) in [7, 11) is 0. The maximum absolute atomic E-state index is 10.1. The van der Waals surface area contributed by atoms with Crippen molar-refractivity contribution >= 4 is 0 Å². The van der Waals surface area contributed by atoms with Crippen molar-refractivity contribution < 1.29 is 5.11 Å². The highest BCUT2D eigenvalue weighted by molar-refractivity contribution is 4.86. The third kappa shape index (κ3) is 7.94. The molecular formula is C19H40N2O. The van der Waals surface area contributed by atoms with Gasteiger partial charge < -0.3 is 10.8 Å². The zero-order valence-corrected chi connectivity index (χ0v) is 15.1. The van der Waals surface area contributed by atoms with Gasteiger partial charge in [-0.15, -0.1) is 0 Å². The van der Waals surface area contributed by atoms with Gasteiger partial charge in [-0.25, -0.2) is 0 Å². The van der Waals surface area contributed by atoms with Gasteiger partial charge in [-0.2, -0.15) is 0 Å². The number of hydrogen-bond acceptors (Lipinski definition) is 3. The lowest BCUT2D eigenvalue weighted by molar-refractivity contribution is 0.0263. The summed E-state index contributed by atoms with van der Waals surface area (Å²) in [6.07, 6.45) is 15.4. The molecule has 0 aromatic rings. The summed E-state index contributed by atoms with van der Waals surface area (Å²) in [5, 5.41) is 10.1. The van der Waals surface area contributed by atoms with Crippen molar-refractivity contribution in [2.24, 2.45) is 5.73 Å². The summed E-state index contributed by atoms with van der Waals surface area (Å²) in [5.41, 5.74) is 5.96. The van der Waals surface area contributed by atoms with Crippen molar-refractivity contribution in [3.8, 4) is 0 Å². The maximum Gasteiger partial charge on any atom is 0.0818 e. The molecular weight excluding hydrogens is 272 g/mol. The Kier molecular flexibility index (Phi) is 11.2. The molecule has 0 radical (unpaired) electrons. The lowest BCUT2D eigenvalue weighted by Gasteiger charge is -2.39. The van der Waals surface area contributed by atoms with Crippen LogP contribution in [-0.4, -0.2) is 41.3 Å². The number of aliphatic hydroxyl groups is 1. The van der Waals surface area contributed by atoms with E-state index < -0.39 is 0 Å². The van der Waals surface area contributed by atoms with Crippen molar-refractivity contribution in [2.75, 3.05) is 13.1 Å². The van der Waals surface area contributed by atoms with Crippen LogP contribution in [0.3, 0.4) is 0 Å². The Labute approximate surface area is 138 Å². The van der Waals surface area contributed by atoms with Crippen LogP contribution in [0.5, 0.6) is 0 Å². The van der Waals surface area contributed by atoms with Crippen LogP contribution < -0.4 is 5.73 Å². The fourth-order valence-corrected chi connectivity index (χ4v) is 3.61. The van der Waals surface area contributed by atoms with Gasteiger partial charge in [0, 0.05) is 25.2 Å². The first kappa shape index (κ1) is 19.9. The van der Waals surface area contributed by atoms with Crippen LogP contribution in [0.1, 0.15) is 90.9 Å². The lowest BCUT2D eigenvalue weighted by atomic mass is 9.95. The molecule has 0 aliphatic carbocycles. The number of nitrogens with zero attached hydrogens (tertiary/aromatic N) is 1. The summed E-state index contributed by atoms with van der Waals surface area (Å²) < 4.78 is 0. The van der Waals surface area contributed by atoms with Crippen LogP contribution in [0.25, 0.3) is 0 Å². The van der Waals surface area contributed by atoms with Gasteiger partial charge in [0.2, 0.25) is 0 Å². The molecule has 0 aromatic heterocycles. The van der Waals surface area contributed by atoms with Crippen LogP contribution in [0.15, 0.2) is 0 Å². The van der Waals surface area contributed by atoms with E-state index in [1.807, 2.05) is 0 Å². The summed E-state index contributed by atoms with van der Waals surface area (Å²) in [6, 6.07) is 0.655. The highest BCUT2D eigenvalue weighted by Gasteiger charge is 2.28. The second-order valence-corrected chi connectivity index (χ2v) is 7.22. The van der Waals surface area contributed by atoms with E-state index >= 15 is 0 Å². The van der Waals surface area contributed by atoms with Gasteiger partial charge in [0.05, 0.1) is 6.10 Å². The average molecular weight is 313 g/mol. The third-order valence-electron chi connectivity index (χ3n) is 5.21. The second kappa shape index (κ2) is 12.3. The molecule has 22 heavy (non-hydrogen) atoms. The molecule has 0 amide bonds. The van der Waals surface area contributed by atoms with Crippen molar-refractivity contribution in [2.45, 2.75) is 109 Å². The van der Waals surface area contributed by atoms with Crippen LogP contribution in [-0.2, 0) is 0 Å². The molecule has 1 unspecified atom stereocenters. The molecule has 132 valence electrons. The SMILES string of the molecule is CCCCCCCC(CCCCCC)N1CC[C@@H](N)[C@@H](O)C1. The maximum atomic E-state index is 10.1. The van der Waals surface area contributed by atoms with E-state index in [4.69, 9.17) is 5.73 Å². The largest absolute Gasteiger partial charge is 0.390 e. The van der Waals surface area contributed by atoms with E-state index in [0.29, 0.717) is 6.04 Å². The van der Waals surface area contributed by atoms with Crippen molar-refractivity contribution in [3.05, 3.63) is 0 Å². The summed E-state index contributed by atoms with van der Waals surface area (Å²) in [4.78, 5) is 2.53. The van der Waals surface area contributed by atoms with Gasteiger partial charge in [-0.1, -0.05) is 71.6 Å².